The standard InChI is InChI=1S/C17H22N4O5S/c1-10-7-11(2)15(12(3)8-10)27(25,26)20-13(17(23)24)9-18-16(22)14-5-6-19-21(14)4/h5-8,13,20H,9H2,1-4H3,(H,18,22)(H,23,24)/t13-/m1/s1. The Kier molecular flexibility index (Phi) is 6.01. The number of benzene rings is 1. The van der Waals surface area contributed by atoms with Crippen LogP contribution in [0.25, 0.3) is 0 Å². The van der Waals surface area contributed by atoms with E-state index in [0.29, 0.717) is 11.1 Å². The van der Waals surface area contributed by atoms with Crippen LogP contribution in [0.15, 0.2) is 29.3 Å². The van der Waals surface area contributed by atoms with Crippen molar-refractivity contribution >= 4 is 21.9 Å². The van der Waals surface area contributed by atoms with Gasteiger partial charge in [-0.15, -0.1) is 0 Å². The molecule has 0 saturated carbocycles. The van der Waals surface area contributed by atoms with E-state index >= 15 is 0 Å². The normalized spacial score (nSPS) is 12.6. The Morgan fingerprint density at radius 1 is 1.22 bits per heavy atom. The number of rotatable bonds is 7. The fraction of sp³-hybridized carbons (Fsp3) is 0.353. The molecule has 0 aliphatic rings. The average Bonchev–Trinajstić information content (AvgIpc) is 2.95. The van der Waals surface area contributed by atoms with E-state index in [1.807, 2.05) is 6.92 Å². The monoisotopic (exact) mass is 394 g/mol. The summed E-state index contributed by atoms with van der Waals surface area (Å²) in [7, 11) is -2.53. The van der Waals surface area contributed by atoms with E-state index in [0.717, 1.165) is 5.56 Å². The number of sulfonamides is 1. The highest BCUT2D eigenvalue weighted by atomic mass is 32.2. The van der Waals surface area contributed by atoms with Crippen LogP contribution in [-0.2, 0) is 21.9 Å². The van der Waals surface area contributed by atoms with Crippen LogP contribution in [-0.4, -0.2) is 47.8 Å². The third kappa shape index (κ3) is 4.72. The minimum absolute atomic E-state index is 0.0392. The van der Waals surface area contributed by atoms with Crippen molar-refractivity contribution in [2.75, 3.05) is 6.54 Å². The molecule has 10 heteroatoms. The molecule has 27 heavy (non-hydrogen) atoms. The van der Waals surface area contributed by atoms with E-state index in [1.165, 1.54) is 16.9 Å². The Morgan fingerprint density at radius 2 is 1.81 bits per heavy atom. The number of carboxylic acids is 1. The summed E-state index contributed by atoms with van der Waals surface area (Å²) in [5, 5.41) is 15.6. The number of carboxylic acid groups (broad SMARTS) is 1. The van der Waals surface area contributed by atoms with Crippen LogP contribution in [0, 0.1) is 20.8 Å². The molecule has 0 bridgehead atoms. The molecule has 3 N–H and O–H groups in total. The number of carbonyl (C=O) groups excluding carboxylic acids is 1. The molecule has 0 fully saturated rings. The van der Waals surface area contributed by atoms with Crippen molar-refractivity contribution in [3.63, 3.8) is 0 Å². The molecule has 0 spiro atoms. The number of hydrogen-bond acceptors (Lipinski definition) is 5. The zero-order valence-electron chi connectivity index (χ0n) is 15.5. The van der Waals surface area contributed by atoms with Gasteiger partial charge in [-0.1, -0.05) is 17.7 Å². The lowest BCUT2D eigenvalue weighted by atomic mass is 10.1. The second-order valence-corrected chi connectivity index (χ2v) is 7.94. The smallest absolute Gasteiger partial charge is 0.323 e. The van der Waals surface area contributed by atoms with Crippen LogP contribution in [0.4, 0.5) is 0 Å². The number of nitrogens with zero attached hydrogens (tertiary/aromatic N) is 2. The number of aromatic nitrogens is 2. The van der Waals surface area contributed by atoms with E-state index in [4.69, 9.17) is 0 Å². The minimum atomic E-state index is -4.09. The maximum absolute atomic E-state index is 12.7. The van der Waals surface area contributed by atoms with Crippen molar-refractivity contribution in [3.8, 4) is 0 Å². The van der Waals surface area contributed by atoms with Gasteiger partial charge in [-0.05, 0) is 38.0 Å². The summed E-state index contributed by atoms with van der Waals surface area (Å²) in [5.41, 5.74) is 2.17. The van der Waals surface area contributed by atoms with Crippen molar-refractivity contribution in [2.45, 2.75) is 31.7 Å². The molecule has 0 unspecified atom stereocenters. The first-order valence-corrected chi connectivity index (χ1v) is 9.60. The van der Waals surface area contributed by atoms with Gasteiger partial charge >= 0.3 is 5.97 Å². The number of amides is 1. The van der Waals surface area contributed by atoms with Crippen LogP contribution in [0.2, 0.25) is 0 Å². The second-order valence-electron chi connectivity index (χ2n) is 6.29. The molecular weight excluding hydrogens is 372 g/mol. The fourth-order valence-electron chi connectivity index (χ4n) is 2.90. The van der Waals surface area contributed by atoms with Gasteiger partial charge in [-0.3, -0.25) is 14.3 Å². The summed E-state index contributed by atoms with van der Waals surface area (Å²) >= 11 is 0. The molecule has 0 aliphatic heterocycles. The molecule has 2 aromatic rings. The maximum Gasteiger partial charge on any atom is 0.323 e. The molecule has 0 radical (unpaired) electrons. The quantitative estimate of drug-likeness (QED) is 0.627. The molecule has 1 atom stereocenters. The second kappa shape index (κ2) is 7.89. The van der Waals surface area contributed by atoms with E-state index in [1.54, 1.807) is 33.0 Å². The molecule has 0 aliphatic carbocycles. The summed E-state index contributed by atoms with van der Waals surface area (Å²) in [4.78, 5) is 23.6. The van der Waals surface area contributed by atoms with Crippen LogP contribution in [0.3, 0.4) is 0 Å². The summed E-state index contributed by atoms with van der Waals surface area (Å²) in [6.45, 7) is 4.73. The molecule has 1 amide bonds. The van der Waals surface area contributed by atoms with Crippen molar-refractivity contribution < 1.29 is 23.1 Å². The predicted molar refractivity (Wildman–Crippen MR) is 97.9 cm³/mol. The third-order valence-electron chi connectivity index (χ3n) is 3.99. The lowest BCUT2D eigenvalue weighted by Gasteiger charge is -2.18. The Hall–Kier alpha value is -2.72. The molecule has 1 aromatic heterocycles. The number of aliphatic carboxylic acids is 1. The minimum Gasteiger partial charge on any atom is -0.480 e. The van der Waals surface area contributed by atoms with Gasteiger partial charge in [0.1, 0.15) is 11.7 Å². The number of carbonyl (C=O) groups is 2. The zero-order valence-corrected chi connectivity index (χ0v) is 16.3. The number of hydrogen-bond donors (Lipinski definition) is 3. The van der Waals surface area contributed by atoms with Gasteiger partial charge in [0, 0.05) is 19.8 Å². The first-order chi connectivity index (χ1) is 12.5. The topological polar surface area (TPSA) is 130 Å². The summed E-state index contributed by atoms with van der Waals surface area (Å²) in [6, 6.07) is 3.37. The van der Waals surface area contributed by atoms with Gasteiger partial charge in [0.2, 0.25) is 10.0 Å². The Labute approximate surface area is 157 Å². The van der Waals surface area contributed by atoms with Crippen molar-refractivity contribution in [3.05, 3.63) is 46.8 Å². The first-order valence-electron chi connectivity index (χ1n) is 8.12. The van der Waals surface area contributed by atoms with Gasteiger partial charge in [0.15, 0.2) is 0 Å². The highest BCUT2D eigenvalue weighted by molar-refractivity contribution is 7.89. The average molecular weight is 394 g/mol. The lowest BCUT2D eigenvalue weighted by molar-refractivity contribution is -0.138. The van der Waals surface area contributed by atoms with Crippen LogP contribution >= 0.6 is 0 Å². The SMILES string of the molecule is Cc1cc(C)c(S(=O)(=O)N[C@H](CNC(=O)c2ccnn2C)C(=O)O)c(C)c1. The Bertz CT molecular complexity index is 958. The van der Waals surface area contributed by atoms with Crippen LogP contribution in [0.5, 0.6) is 0 Å². The van der Waals surface area contributed by atoms with Gasteiger partial charge < -0.3 is 10.4 Å². The largest absolute Gasteiger partial charge is 0.480 e. The van der Waals surface area contributed by atoms with Gasteiger partial charge in [0.25, 0.3) is 5.91 Å². The molecule has 9 nitrogen and oxygen atoms in total. The van der Waals surface area contributed by atoms with E-state index in [9.17, 15) is 23.1 Å². The van der Waals surface area contributed by atoms with E-state index in [-0.39, 0.29) is 10.6 Å². The van der Waals surface area contributed by atoms with Crippen LogP contribution < -0.4 is 10.0 Å². The highest BCUT2D eigenvalue weighted by Crippen LogP contribution is 2.21. The highest BCUT2D eigenvalue weighted by Gasteiger charge is 2.28. The summed E-state index contributed by atoms with van der Waals surface area (Å²) < 4.78 is 28.9. The van der Waals surface area contributed by atoms with Gasteiger partial charge in [0.05, 0.1) is 4.90 Å². The molecule has 1 heterocycles. The zero-order chi connectivity index (χ0) is 20.4. The third-order valence-corrected chi connectivity index (χ3v) is 5.77. The van der Waals surface area contributed by atoms with Crippen molar-refractivity contribution in [1.82, 2.24) is 19.8 Å². The molecular formula is C17H22N4O5S. The van der Waals surface area contributed by atoms with Crippen LogP contribution in [0.1, 0.15) is 27.2 Å². The van der Waals surface area contributed by atoms with E-state index in [2.05, 4.69) is 15.1 Å². The maximum atomic E-state index is 12.7. The summed E-state index contributed by atoms with van der Waals surface area (Å²) in [6.07, 6.45) is 1.43. The van der Waals surface area contributed by atoms with Crippen molar-refractivity contribution in [2.24, 2.45) is 7.05 Å². The first kappa shape index (κ1) is 20.6. The lowest BCUT2D eigenvalue weighted by Crippen LogP contribution is -2.48. The Balaban J connectivity index is 2.19. The van der Waals surface area contributed by atoms with E-state index < -0.39 is 34.5 Å². The molecule has 0 saturated heterocycles. The molecule has 2 rings (SSSR count). The van der Waals surface area contributed by atoms with Gasteiger partial charge in [-0.25, -0.2) is 8.42 Å². The molecule has 1 aromatic carbocycles. The molecule has 146 valence electrons. The Morgan fingerprint density at radius 3 is 2.30 bits per heavy atom. The predicted octanol–water partition coefficient (Wildman–Crippen LogP) is 0.507. The van der Waals surface area contributed by atoms with Gasteiger partial charge in [-0.2, -0.15) is 9.82 Å². The van der Waals surface area contributed by atoms with Crippen molar-refractivity contribution in [1.29, 1.82) is 0 Å². The number of aryl methyl sites for hydroxylation is 4. The fourth-order valence-corrected chi connectivity index (χ4v) is 4.54. The summed E-state index contributed by atoms with van der Waals surface area (Å²) in [5.74, 6) is -1.95. The number of nitrogens with one attached hydrogen (secondary N) is 2.